The lowest BCUT2D eigenvalue weighted by atomic mass is 9.99. The molecular weight excluding hydrogens is 242 g/mol. The molecule has 3 atom stereocenters. The van der Waals surface area contributed by atoms with E-state index in [2.05, 4.69) is 23.8 Å². The van der Waals surface area contributed by atoms with Crippen molar-refractivity contribution in [1.82, 2.24) is 14.7 Å². The largest absolute Gasteiger partial charge is 0.481 e. The lowest BCUT2D eigenvalue weighted by Crippen LogP contribution is -2.27. The van der Waals surface area contributed by atoms with Gasteiger partial charge in [0, 0.05) is 37.4 Å². The van der Waals surface area contributed by atoms with Crippen molar-refractivity contribution in [2.24, 2.45) is 18.9 Å². The lowest BCUT2D eigenvalue weighted by molar-refractivity contribution is -0.142. The van der Waals surface area contributed by atoms with Gasteiger partial charge in [-0.25, -0.2) is 0 Å². The van der Waals surface area contributed by atoms with Gasteiger partial charge in [-0.05, 0) is 26.7 Å². The zero-order valence-electron chi connectivity index (χ0n) is 12.3. The second-order valence-electron chi connectivity index (χ2n) is 5.76. The second kappa shape index (κ2) is 4.96. The fraction of sp³-hybridized carbons (Fsp3) is 0.714. The molecule has 0 bridgehead atoms. The third kappa shape index (κ3) is 2.39. The standard InChI is InChI=1S/C14H23N3O2/c1-8-6-17(7-12(8)14(18)19)11(4)13-9(2)15-16(5)10(13)3/h8,11-12H,6-7H2,1-5H3,(H,18,19). The van der Waals surface area contributed by atoms with Gasteiger partial charge in [0.2, 0.25) is 0 Å². The molecule has 1 N–H and O–H groups in total. The number of hydrogen-bond acceptors (Lipinski definition) is 3. The molecule has 1 aromatic rings. The van der Waals surface area contributed by atoms with Gasteiger partial charge in [-0.1, -0.05) is 6.92 Å². The van der Waals surface area contributed by atoms with Crippen molar-refractivity contribution in [2.75, 3.05) is 13.1 Å². The van der Waals surface area contributed by atoms with Crippen molar-refractivity contribution >= 4 is 5.97 Å². The average Bonchev–Trinajstić information content (AvgIpc) is 2.81. The molecule has 0 saturated carbocycles. The van der Waals surface area contributed by atoms with Crippen LogP contribution in [0.1, 0.15) is 36.8 Å². The summed E-state index contributed by atoms with van der Waals surface area (Å²) >= 11 is 0. The van der Waals surface area contributed by atoms with E-state index < -0.39 is 5.97 Å². The van der Waals surface area contributed by atoms with Gasteiger partial charge in [-0.15, -0.1) is 0 Å². The zero-order valence-corrected chi connectivity index (χ0v) is 12.3. The van der Waals surface area contributed by atoms with Gasteiger partial charge in [0.15, 0.2) is 0 Å². The highest BCUT2D eigenvalue weighted by Crippen LogP contribution is 2.33. The van der Waals surface area contributed by atoms with Crippen LogP contribution in [0.3, 0.4) is 0 Å². The maximum atomic E-state index is 11.2. The van der Waals surface area contributed by atoms with E-state index >= 15 is 0 Å². The van der Waals surface area contributed by atoms with Crippen LogP contribution in [0.25, 0.3) is 0 Å². The predicted molar refractivity (Wildman–Crippen MR) is 73.0 cm³/mol. The molecule has 0 amide bonds. The summed E-state index contributed by atoms with van der Waals surface area (Å²) in [6, 6.07) is 0.223. The van der Waals surface area contributed by atoms with Gasteiger partial charge in [-0.3, -0.25) is 14.4 Å². The van der Waals surface area contributed by atoms with E-state index in [1.165, 1.54) is 5.56 Å². The van der Waals surface area contributed by atoms with Crippen LogP contribution < -0.4 is 0 Å². The molecule has 0 aromatic carbocycles. The Morgan fingerprint density at radius 1 is 1.42 bits per heavy atom. The molecule has 1 aromatic heterocycles. The Hall–Kier alpha value is -1.36. The van der Waals surface area contributed by atoms with E-state index in [-0.39, 0.29) is 17.9 Å². The highest BCUT2D eigenvalue weighted by atomic mass is 16.4. The van der Waals surface area contributed by atoms with Crippen LogP contribution in [-0.4, -0.2) is 38.8 Å². The monoisotopic (exact) mass is 265 g/mol. The van der Waals surface area contributed by atoms with Gasteiger partial charge >= 0.3 is 5.97 Å². The molecule has 1 fully saturated rings. The van der Waals surface area contributed by atoms with Crippen molar-refractivity contribution in [3.63, 3.8) is 0 Å². The molecule has 3 unspecified atom stereocenters. The van der Waals surface area contributed by atoms with E-state index in [1.54, 1.807) is 0 Å². The molecule has 2 rings (SSSR count). The number of aliphatic carboxylic acids is 1. The highest BCUT2D eigenvalue weighted by molar-refractivity contribution is 5.71. The van der Waals surface area contributed by atoms with Crippen LogP contribution >= 0.6 is 0 Å². The quantitative estimate of drug-likeness (QED) is 0.904. The van der Waals surface area contributed by atoms with Gasteiger partial charge < -0.3 is 5.11 Å². The molecule has 0 radical (unpaired) electrons. The third-order valence-electron chi connectivity index (χ3n) is 4.49. The lowest BCUT2D eigenvalue weighted by Gasteiger charge is -2.24. The molecule has 1 aliphatic heterocycles. The minimum atomic E-state index is -0.679. The van der Waals surface area contributed by atoms with Crippen molar-refractivity contribution < 1.29 is 9.90 Å². The van der Waals surface area contributed by atoms with Crippen LogP contribution in [0.4, 0.5) is 0 Å². The first kappa shape index (κ1) is 14.1. The SMILES string of the molecule is Cc1nn(C)c(C)c1C(C)N1CC(C)C(C(=O)O)C1. The summed E-state index contributed by atoms with van der Waals surface area (Å²) in [7, 11) is 1.95. The first-order valence-corrected chi connectivity index (χ1v) is 6.79. The van der Waals surface area contributed by atoms with Crippen LogP contribution in [-0.2, 0) is 11.8 Å². The number of hydrogen-bond donors (Lipinski definition) is 1. The fourth-order valence-electron chi connectivity index (χ4n) is 3.22. The smallest absolute Gasteiger partial charge is 0.308 e. The molecule has 0 aliphatic carbocycles. The number of carboxylic acids is 1. The number of likely N-dealkylation sites (tertiary alicyclic amines) is 1. The minimum absolute atomic E-state index is 0.206. The summed E-state index contributed by atoms with van der Waals surface area (Å²) in [5.41, 5.74) is 3.44. The average molecular weight is 265 g/mol. The molecule has 5 heteroatoms. The summed E-state index contributed by atoms with van der Waals surface area (Å²) in [6.45, 7) is 9.73. The number of carbonyl (C=O) groups is 1. The van der Waals surface area contributed by atoms with Gasteiger partial charge in [-0.2, -0.15) is 5.10 Å². The van der Waals surface area contributed by atoms with Crippen LogP contribution in [0.15, 0.2) is 0 Å². The van der Waals surface area contributed by atoms with E-state index in [1.807, 2.05) is 25.6 Å². The Labute approximate surface area is 114 Å². The van der Waals surface area contributed by atoms with Gasteiger partial charge in [0.1, 0.15) is 0 Å². The Morgan fingerprint density at radius 2 is 2.05 bits per heavy atom. The van der Waals surface area contributed by atoms with Crippen LogP contribution in [0.5, 0.6) is 0 Å². The van der Waals surface area contributed by atoms with Crippen LogP contribution in [0, 0.1) is 25.7 Å². The minimum Gasteiger partial charge on any atom is -0.481 e. The molecule has 2 heterocycles. The van der Waals surface area contributed by atoms with Gasteiger partial charge in [0.05, 0.1) is 11.6 Å². The van der Waals surface area contributed by atoms with E-state index in [9.17, 15) is 9.90 Å². The van der Waals surface area contributed by atoms with E-state index in [0.717, 1.165) is 17.9 Å². The topological polar surface area (TPSA) is 58.4 Å². The summed E-state index contributed by atoms with van der Waals surface area (Å²) in [4.78, 5) is 13.5. The van der Waals surface area contributed by atoms with E-state index in [4.69, 9.17) is 0 Å². The number of carboxylic acid groups (broad SMARTS) is 1. The Kier molecular flexibility index (Phi) is 3.67. The molecule has 106 valence electrons. The normalized spacial score (nSPS) is 25.7. The molecule has 1 saturated heterocycles. The predicted octanol–water partition coefficient (Wildman–Crippen LogP) is 1.75. The maximum Gasteiger partial charge on any atom is 0.308 e. The van der Waals surface area contributed by atoms with Crippen molar-refractivity contribution in [1.29, 1.82) is 0 Å². The van der Waals surface area contributed by atoms with Crippen molar-refractivity contribution in [2.45, 2.75) is 33.7 Å². The number of aryl methyl sites for hydroxylation is 2. The van der Waals surface area contributed by atoms with Crippen molar-refractivity contribution in [3.05, 3.63) is 17.0 Å². The molecule has 1 aliphatic rings. The summed E-state index contributed by atoms with van der Waals surface area (Å²) in [5.74, 6) is -0.723. The first-order valence-electron chi connectivity index (χ1n) is 6.79. The molecule has 5 nitrogen and oxygen atoms in total. The first-order chi connectivity index (χ1) is 8.82. The van der Waals surface area contributed by atoms with Crippen molar-refractivity contribution in [3.8, 4) is 0 Å². The number of aromatic nitrogens is 2. The Balaban J connectivity index is 2.22. The second-order valence-corrected chi connectivity index (χ2v) is 5.76. The van der Waals surface area contributed by atoms with Gasteiger partial charge in [0.25, 0.3) is 0 Å². The summed E-state index contributed by atoms with van der Waals surface area (Å²) < 4.78 is 1.90. The van der Waals surface area contributed by atoms with E-state index in [0.29, 0.717) is 6.54 Å². The zero-order chi connectivity index (χ0) is 14.3. The maximum absolute atomic E-state index is 11.2. The Morgan fingerprint density at radius 3 is 2.47 bits per heavy atom. The fourth-order valence-corrected chi connectivity index (χ4v) is 3.22. The highest BCUT2D eigenvalue weighted by Gasteiger charge is 2.37. The summed E-state index contributed by atoms with van der Waals surface area (Å²) in [6.07, 6.45) is 0. The molecular formula is C14H23N3O2. The van der Waals surface area contributed by atoms with Crippen LogP contribution in [0.2, 0.25) is 0 Å². The third-order valence-corrected chi connectivity index (χ3v) is 4.49. The Bertz CT molecular complexity index is 495. The molecule has 0 spiro atoms. The summed E-state index contributed by atoms with van der Waals surface area (Å²) in [5, 5.41) is 13.7. The number of nitrogens with zero attached hydrogens (tertiary/aromatic N) is 3. The molecule has 19 heavy (non-hydrogen) atoms. The number of rotatable bonds is 3.